The van der Waals surface area contributed by atoms with Crippen molar-refractivity contribution in [2.75, 3.05) is 0 Å². The van der Waals surface area contributed by atoms with Crippen LogP contribution >= 0.6 is 0 Å². The van der Waals surface area contributed by atoms with Crippen molar-refractivity contribution >= 4 is 11.9 Å². The first-order chi connectivity index (χ1) is 12.5. The van der Waals surface area contributed by atoms with Crippen molar-refractivity contribution in [3.63, 3.8) is 0 Å². The molecule has 0 aliphatic rings. The number of nitrogens with zero attached hydrogens (tertiary/aromatic N) is 3. The minimum atomic E-state index is -0.442. The zero-order chi connectivity index (χ0) is 19.1. The van der Waals surface area contributed by atoms with Gasteiger partial charge in [0.2, 0.25) is 5.88 Å². The van der Waals surface area contributed by atoms with Crippen LogP contribution in [-0.2, 0) is 13.0 Å². The average Bonchev–Trinajstić information content (AvgIpc) is 2.65. The topological polar surface area (TPSA) is 78.4 Å². The van der Waals surface area contributed by atoms with E-state index in [4.69, 9.17) is 0 Å². The van der Waals surface area contributed by atoms with E-state index in [1.807, 2.05) is 30.3 Å². The van der Waals surface area contributed by atoms with Crippen LogP contribution in [0.4, 0.5) is 5.69 Å². The van der Waals surface area contributed by atoms with Gasteiger partial charge in [0.05, 0.1) is 11.3 Å². The molecule has 1 aromatic heterocycles. The van der Waals surface area contributed by atoms with Gasteiger partial charge in [-0.2, -0.15) is 5.26 Å². The molecule has 2 aromatic rings. The molecule has 0 saturated heterocycles. The zero-order valence-corrected chi connectivity index (χ0v) is 15.6. The second-order valence-corrected chi connectivity index (χ2v) is 6.29. The Kier molecular flexibility index (Phi) is 6.74. The van der Waals surface area contributed by atoms with Gasteiger partial charge >= 0.3 is 0 Å². The number of aromatic nitrogens is 1. The highest BCUT2D eigenvalue weighted by Gasteiger charge is 2.17. The lowest BCUT2D eigenvalue weighted by Gasteiger charge is -2.13. The van der Waals surface area contributed by atoms with Crippen LogP contribution in [0.3, 0.4) is 0 Å². The predicted octanol–water partition coefficient (Wildman–Crippen LogP) is 4.24. The summed E-state index contributed by atoms with van der Waals surface area (Å²) in [5.41, 5.74) is 2.46. The molecule has 0 unspecified atom stereocenters. The van der Waals surface area contributed by atoms with Gasteiger partial charge in [-0.3, -0.25) is 14.4 Å². The molecule has 0 aliphatic heterocycles. The molecular formula is C21H25N3O2. The summed E-state index contributed by atoms with van der Waals surface area (Å²) in [5.74, 6) is -0.128. The van der Waals surface area contributed by atoms with Crippen LogP contribution in [0.5, 0.6) is 5.88 Å². The van der Waals surface area contributed by atoms with E-state index in [1.165, 1.54) is 16.3 Å². The van der Waals surface area contributed by atoms with Crippen molar-refractivity contribution < 1.29 is 5.11 Å². The Balaban J connectivity index is 2.45. The first-order valence-corrected chi connectivity index (χ1v) is 9.02. The van der Waals surface area contributed by atoms with Crippen molar-refractivity contribution in [2.24, 2.45) is 4.99 Å². The van der Waals surface area contributed by atoms with Crippen LogP contribution < -0.4 is 5.56 Å². The third-order valence-electron chi connectivity index (χ3n) is 4.52. The fourth-order valence-corrected chi connectivity index (χ4v) is 2.81. The largest absolute Gasteiger partial charge is 0.494 e. The molecule has 1 N–H and O–H groups in total. The number of hydrogen-bond donors (Lipinski definition) is 1. The summed E-state index contributed by atoms with van der Waals surface area (Å²) in [5, 5.41) is 20.0. The molecule has 0 spiro atoms. The Morgan fingerprint density at radius 3 is 2.50 bits per heavy atom. The number of aromatic hydroxyl groups is 1. The SMILES string of the molecule is CCCCCn1c(O)c(C=Nc2ccc(CC)cc2)c(C)c(C#N)c1=O. The smallest absolute Gasteiger partial charge is 0.271 e. The van der Waals surface area contributed by atoms with Crippen molar-refractivity contribution in [2.45, 2.75) is 53.0 Å². The molecule has 0 atom stereocenters. The van der Waals surface area contributed by atoms with E-state index in [2.05, 4.69) is 18.8 Å². The number of rotatable bonds is 7. The molecule has 0 radical (unpaired) electrons. The van der Waals surface area contributed by atoms with E-state index in [9.17, 15) is 15.2 Å². The van der Waals surface area contributed by atoms with E-state index in [1.54, 1.807) is 6.92 Å². The summed E-state index contributed by atoms with van der Waals surface area (Å²) in [6.07, 6.45) is 5.22. The van der Waals surface area contributed by atoms with Crippen LogP contribution in [0.1, 0.15) is 55.4 Å². The lowest BCUT2D eigenvalue weighted by molar-refractivity contribution is 0.398. The molecule has 5 heteroatoms. The predicted molar refractivity (Wildman–Crippen MR) is 104 cm³/mol. The molecule has 5 nitrogen and oxygen atoms in total. The summed E-state index contributed by atoms with van der Waals surface area (Å²) < 4.78 is 1.28. The summed E-state index contributed by atoms with van der Waals surface area (Å²) in [7, 11) is 0. The van der Waals surface area contributed by atoms with E-state index >= 15 is 0 Å². The van der Waals surface area contributed by atoms with Crippen LogP contribution in [0.15, 0.2) is 34.1 Å². The van der Waals surface area contributed by atoms with Gasteiger partial charge in [0.15, 0.2) is 0 Å². The highest BCUT2D eigenvalue weighted by atomic mass is 16.3. The number of benzene rings is 1. The Morgan fingerprint density at radius 1 is 1.23 bits per heavy atom. The summed E-state index contributed by atoms with van der Waals surface area (Å²) in [6.45, 7) is 6.21. The average molecular weight is 351 g/mol. The van der Waals surface area contributed by atoms with Gasteiger partial charge in [-0.05, 0) is 43.0 Å². The Bertz CT molecular complexity index is 887. The van der Waals surface area contributed by atoms with Gasteiger partial charge in [0, 0.05) is 12.8 Å². The molecule has 2 rings (SSSR count). The molecule has 0 saturated carbocycles. The van der Waals surface area contributed by atoms with Crippen LogP contribution in [0.2, 0.25) is 0 Å². The monoisotopic (exact) mass is 351 g/mol. The highest BCUT2D eigenvalue weighted by molar-refractivity contribution is 5.87. The number of aliphatic imine (C=N–C) groups is 1. The maximum atomic E-state index is 12.5. The van der Waals surface area contributed by atoms with E-state index < -0.39 is 5.56 Å². The van der Waals surface area contributed by atoms with Gasteiger partial charge in [0.1, 0.15) is 11.6 Å². The zero-order valence-electron chi connectivity index (χ0n) is 15.6. The highest BCUT2D eigenvalue weighted by Crippen LogP contribution is 2.22. The molecule has 136 valence electrons. The van der Waals surface area contributed by atoms with Gasteiger partial charge in [-0.25, -0.2) is 0 Å². The van der Waals surface area contributed by atoms with Crippen molar-refractivity contribution in [1.82, 2.24) is 4.57 Å². The normalized spacial score (nSPS) is 11.0. The third kappa shape index (κ3) is 4.20. The van der Waals surface area contributed by atoms with Gasteiger partial charge in [-0.15, -0.1) is 0 Å². The number of pyridine rings is 1. The molecule has 1 aromatic carbocycles. The molecule has 0 fully saturated rings. The van der Waals surface area contributed by atoms with E-state index in [-0.39, 0.29) is 11.4 Å². The van der Waals surface area contributed by atoms with Crippen molar-refractivity contribution in [1.29, 1.82) is 5.26 Å². The third-order valence-corrected chi connectivity index (χ3v) is 4.52. The maximum absolute atomic E-state index is 12.5. The lowest BCUT2D eigenvalue weighted by Crippen LogP contribution is -2.25. The number of hydrogen-bond acceptors (Lipinski definition) is 4. The van der Waals surface area contributed by atoms with E-state index in [0.29, 0.717) is 17.7 Å². The number of aryl methyl sites for hydroxylation is 1. The molecule has 1 heterocycles. The molecule has 0 bridgehead atoms. The lowest BCUT2D eigenvalue weighted by atomic mass is 10.1. The molecule has 0 aliphatic carbocycles. The van der Waals surface area contributed by atoms with Crippen LogP contribution in [-0.4, -0.2) is 15.9 Å². The summed E-state index contributed by atoms with van der Waals surface area (Å²) in [4.78, 5) is 16.9. The second-order valence-electron chi connectivity index (χ2n) is 6.29. The standard InChI is InChI=1S/C21H25N3O2/c1-4-6-7-12-24-20(25)18(13-22)15(3)19(21(24)26)14-23-17-10-8-16(5-2)9-11-17/h8-11,14,26H,4-7,12H2,1-3H3. The van der Waals surface area contributed by atoms with Crippen LogP contribution in [0, 0.1) is 18.3 Å². The maximum Gasteiger partial charge on any atom is 0.271 e. The van der Waals surface area contributed by atoms with Crippen molar-refractivity contribution in [3.8, 4) is 11.9 Å². The number of unbranched alkanes of at least 4 members (excludes halogenated alkanes) is 2. The van der Waals surface area contributed by atoms with Crippen molar-refractivity contribution in [3.05, 3.63) is 56.9 Å². The Labute approximate surface area is 154 Å². The molecule has 0 amide bonds. The van der Waals surface area contributed by atoms with E-state index in [0.717, 1.165) is 31.4 Å². The van der Waals surface area contributed by atoms with Gasteiger partial charge < -0.3 is 5.11 Å². The first kappa shape index (κ1) is 19.5. The minimum absolute atomic E-state index is 0.0575. The van der Waals surface area contributed by atoms with Crippen LogP contribution in [0.25, 0.3) is 0 Å². The Hall–Kier alpha value is -2.87. The first-order valence-electron chi connectivity index (χ1n) is 9.02. The van der Waals surface area contributed by atoms with Gasteiger partial charge in [0.25, 0.3) is 5.56 Å². The molecule has 26 heavy (non-hydrogen) atoms. The Morgan fingerprint density at radius 2 is 1.92 bits per heavy atom. The minimum Gasteiger partial charge on any atom is -0.494 e. The fraction of sp³-hybridized carbons (Fsp3) is 0.381. The second kappa shape index (κ2) is 9.00. The fourth-order valence-electron chi connectivity index (χ4n) is 2.81. The summed E-state index contributed by atoms with van der Waals surface area (Å²) in [6, 6.07) is 9.79. The molecular weight excluding hydrogens is 326 g/mol. The number of nitriles is 1. The summed E-state index contributed by atoms with van der Waals surface area (Å²) >= 11 is 0. The quantitative estimate of drug-likeness (QED) is 0.599. The van der Waals surface area contributed by atoms with Gasteiger partial charge in [-0.1, -0.05) is 38.8 Å².